The van der Waals surface area contributed by atoms with Crippen molar-refractivity contribution >= 4 is 17.4 Å². The second-order valence-corrected chi connectivity index (χ2v) is 4.46. The Morgan fingerprint density at radius 1 is 1.43 bits per heavy atom. The number of nitrogens with zero attached hydrogens (tertiary/aromatic N) is 4. The van der Waals surface area contributed by atoms with E-state index in [0.29, 0.717) is 36.1 Å². The zero-order valence-electron chi connectivity index (χ0n) is 11.3. The lowest BCUT2D eigenvalue weighted by Crippen LogP contribution is -2.10. The van der Waals surface area contributed by atoms with Crippen molar-refractivity contribution in [3.63, 3.8) is 0 Å². The molecule has 0 aliphatic carbocycles. The third kappa shape index (κ3) is 2.55. The summed E-state index contributed by atoms with van der Waals surface area (Å²) in [5, 5.41) is 16.0. The molecule has 2 N–H and O–H groups in total. The number of aromatic carboxylic acids is 1. The van der Waals surface area contributed by atoms with Gasteiger partial charge in [0.15, 0.2) is 17.3 Å². The standard InChI is InChI=1S/C13H13N5O3/c1-8-15-10(21-17-8)5-6-14-12-11(13(19)20)18-7-3-2-4-9(18)16-12/h2-4,7,14H,5-6H2,1H3,(H,19,20). The van der Waals surface area contributed by atoms with Gasteiger partial charge < -0.3 is 14.9 Å². The number of imidazole rings is 1. The number of anilines is 1. The van der Waals surface area contributed by atoms with Crippen LogP contribution in [0.2, 0.25) is 0 Å². The summed E-state index contributed by atoms with van der Waals surface area (Å²) in [6.07, 6.45) is 2.16. The van der Waals surface area contributed by atoms with Crippen LogP contribution in [0.5, 0.6) is 0 Å². The van der Waals surface area contributed by atoms with Crippen LogP contribution in [0.3, 0.4) is 0 Å². The van der Waals surface area contributed by atoms with Crippen molar-refractivity contribution in [2.24, 2.45) is 0 Å². The molecule has 0 atom stereocenters. The summed E-state index contributed by atoms with van der Waals surface area (Å²) in [4.78, 5) is 19.7. The van der Waals surface area contributed by atoms with Gasteiger partial charge in [-0.15, -0.1) is 0 Å². The molecule has 0 aliphatic rings. The van der Waals surface area contributed by atoms with Crippen molar-refractivity contribution in [1.82, 2.24) is 19.5 Å². The van der Waals surface area contributed by atoms with Gasteiger partial charge in [0.2, 0.25) is 5.89 Å². The number of pyridine rings is 1. The minimum Gasteiger partial charge on any atom is -0.476 e. The van der Waals surface area contributed by atoms with Gasteiger partial charge in [-0.2, -0.15) is 4.98 Å². The number of fused-ring (bicyclic) bond motifs is 1. The molecule has 3 aromatic rings. The largest absolute Gasteiger partial charge is 0.476 e. The summed E-state index contributed by atoms with van der Waals surface area (Å²) < 4.78 is 6.53. The molecular formula is C13H13N5O3. The number of nitrogens with one attached hydrogen (secondary N) is 1. The predicted octanol–water partition coefficient (Wildman–Crippen LogP) is 1.38. The molecule has 8 heteroatoms. The molecule has 0 amide bonds. The number of hydrogen-bond acceptors (Lipinski definition) is 6. The Kier molecular flexibility index (Phi) is 3.27. The maximum atomic E-state index is 11.4. The molecule has 3 heterocycles. The second kappa shape index (κ2) is 5.23. The second-order valence-electron chi connectivity index (χ2n) is 4.46. The summed E-state index contributed by atoms with van der Waals surface area (Å²) in [7, 11) is 0. The molecule has 0 spiro atoms. The molecule has 0 aliphatic heterocycles. The Morgan fingerprint density at radius 2 is 2.29 bits per heavy atom. The van der Waals surface area contributed by atoms with Crippen LogP contribution in [0.4, 0.5) is 5.82 Å². The van der Waals surface area contributed by atoms with Crippen molar-refractivity contribution < 1.29 is 14.4 Å². The van der Waals surface area contributed by atoms with Gasteiger partial charge >= 0.3 is 5.97 Å². The van der Waals surface area contributed by atoms with Crippen molar-refractivity contribution in [2.45, 2.75) is 13.3 Å². The van der Waals surface area contributed by atoms with Crippen LogP contribution in [-0.2, 0) is 6.42 Å². The summed E-state index contributed by atoms with van der Waals surface area (Å²) in [5.74, 6) is 0.361. The molecule has 108 valence electrons. The Labute approximate surface area is 119 Å². The molecule has 0 saturated heterocycles. The van der Waals surface area contributed by atoms with Crippen molar-refractivity contribution in [3.05, 3.63) is 41.8 Å². The highest BCUT2D eigenvalue weighted by Gasteiger charge is 2.18. The predicted molar refractivity (Wildman–Crippen MR) is 73.4 cm³/mol. The number of aromatic nitrogens is 4. The fourth-order valence-electron chi connectivity index (χ4n) is 2.05. The van der Waals surface area contributed by atoms with Crippen LogP contribution in [0.25, 0.3) is 5.65 Å². The van der Waals surface area contributed by atoms with Gasteiger partial charge in [0, 0.05) is 19.2 Å². The van der Waals surface area contributed by atoms with Crippen molar-refractivity contribution in [1.29, 1.82) is 0 Å². The topological polar surface area (TPSA) is 106 Å². The minimum atomic E-state index is -1.04. The third-order valence-corrected chi connectivity index (χ3v) is 2.93. The molecule has 0 aromatic carbocycles. The molecule has 0 saturated carbocycles. The number of aryl methyl sites for hydroxylation is 1. The molecule has 0 fully saturated rings. The summed E-state index contributed by atoms with van der Waals surface area (Å²) in [6, 6.07) is 5.31. The highest BCUT2D eigenvalue weighted by molar-refractivity contribution is 5.92. The van der Waals surface area contributed by atoms with Crippen LogP contribution in [0, 0.1) is 6.92 Å². The van der Waals surface area contributed by atoms with E-state index >= 15 is 0 Å². The van der Waals surface area contributed by atoms with Crippen LogP contribution in [-0.4, -0.2) is 37.1 Å². The summed E-state index contributed by atoms with van der Waals surface area (Å²) in [5.41, 5.74) is 0.679. The van der Waals surface area contributed by atoms with Gasteiger partial charge in [-0.05, 0) is 19.1 Å². The van der Waals surface area contributed by atoms with Crippen molar-refractivity contribution in [2.75, 3.05) is 11.9 Å². The van der Waals surface area contributed by atoms with E-state index in [-0.39, 0.29) is 5.69 Å². The molecule has 0 bridgehead atoms. The molecule has 3 aromatic heterocycles. The van der Waals surface area contributed by atoms with E-state index < -0.39 is 5.97 Å². The van der Waals surface area contributed by atoms with E-state index in [9.17, 15) is 9.90 Å². The zero-order valence-corrected chi connectivity index (χ0v) is 11.3. The zero-order chi connectivity index (χ0) is 14.8. The van der Waals surface area contributed by atoms with Crippen LogP contribution < -0.4 is 5.32 Å². The number of hydrogen-bond donors (Lipinski definition) is 2. The van der Waals surface area contributed by atoms with Crippen LogP contribution >= 0.6 is 0 Å². The van der Waals surface area contributed by atoms with Gasteiger partial charge in [-0.1, -0.05) is 11.2 Å². The van der Waals surface area contributed by atoms with E-state index in [1.165, 1.54) is 4.40 Å². The Morgan fingerprint density at radius 3 is 3.00 bits per heavy atom. The quantitative estimate of drug-likeness (QED) is 0.730. The first-order valence-electron chi connectivity index (χ1n) is 6.38. The Hall–Kier alpha value is -2.90. The Bertz CT molecular complexity index is 792. The fraction of sp³-hybridized carbons (Fsp3) is 0.231. The highest BCUT2D eigenvalue weighted by atomic mass is 16.5. The van der Waals surface area contributed by atoms with Gasteiger partial charge in [0.05, 0.1) is 0 Å². The lowest BCUT2D eigenvalue weighted by Gasteiger charge is -2.02. The minimum absolute atomic E-state index is 0.104. The number of carbonyl (C=O) groups is 1. The smallest absolute Gasteiger partial charge is 0.356 e. The molecule has 8 nitrogen and oxygen atoms in total. The average molecular weight is 287 g/mol. The highest BCUT2D eigenvalue weighted by Crippen LogP contribution is 2.17. The van der Waals surface area contributed by atoms with Crippen molar-refractivity contribution in [3.8, 4) is 0 Å². The average Bonchev–Trinajstić information content (AvgIpc) is 3.02. The first kappa shape index (κ1) is 13.1. The Balaban J connectivity index is 1.80. The van der Waals surface area contributed by atoms with Gasteiger partial charge in [0.1, 0.15) is 5.65 Å². The number of rotatable bonds is 5. The van der Waals surface area contributed by atoms with E-state index in [1.54, 1.807) is 31.3 Å². The maximum absolute atomic E-state index is 11.4. The maximum Gasteiger partial charge on any atom is 0.356 e. The SMILES string of the molecule is Cc1noc(CCNc2nc3ccccn3c2C(=O)O)n1. The monoisotopic (exact) mass is 287 g/mol. The number of carboxylic acid groups (broad SMARTS) is 1. The van der Waals surface area contributed by atoms with Crippen LogP contribution in [0.1, 0.15) is 22.2 Å². The first-order valence-corrected chi connectivity index (χ1v) is 6.38. The third-order valence-electron chi connectivity index (χ3n) is 2.93. The van der Waals surface area contributed by atoms with Crippen LogP contribution in [0.15, 0.2) is 28.9 Å². The van der Waals surface area contributed by atoms with Gasteiger partial charge in [-0.3, -0.25) is 4.40 Å². The van der Waals surface area contributed by atoms with E-state index in [0.717, 1.165) is 0 Å². The summed E-state index contributed by atoms with van der Waals surface area (Å²) in [6.45, 7) is 2.19. The van der Waals surface area contributed by atoms with E-state index in [1.807, 2.05) is 0 Å². The lowest BCUT2D eigenvalue weighted by molar-refractivity contribution is 0.0690. The summed E-state index contributed by atoms with van der Waals surface area (Å²) >= 11 is 0. The fourth-order valence-corrected chi connectivity index (χ4v) is 2.05. The molecule has 0 unspecified atom stereocenters. The lowest BCUT2D eigenvalue weighted by atomic mass is 10.4. The van der Waals surface area contributed by atoms with Gasteiger partial charge in [-0.25, -0.2) is 9.78 Å². The molecular weight excluding hydrogens is 274 g/mol. The van der Waals surface area contributed by atoms with E-state index in [2.05, 4.69) is 20.4 Å². The molecule has 21 heavy (non-hydrogen) atoms. The normalized spacial score (nSPS) is 10.9. The number of carboxylic acids is 1. The van der Waals surface area contributed by atoms with Gasteiger partial charge in [0.25, 0.3) is 0 Å². The first-order chi connectivity index (χ1) is 10.1. The molecule has 3 rings (SSSR count). The van der Waals surface area contributed by atoms with E-state index in [4.69, 9.17) is 4.52 Å². The molecule has 0 radical (unpaired) electrons.